The normalized spacial score (nSPS) is 34.2. The molecule has 1 aliphatic carbocycles. The lowest BCUT2D eigenvalue weighted by atomic mass is 9.78. The molecule has 128 valence electrons. The number of fused-ring (bicyclic) bond motifs is 1. The molecule has 2 fully saturated rings. The van der Waals surface area contributed by atoms with Crippen molar-refractivity contribution in [2.24, 2.45) is 5.92 Å². The van der Waals surface area contributed by atoms with Gasteiger partial charge in [0, 0.05) is 14.0 Å². The Balaban J connectivity index is 1.58. The Kier molecular flexibility index (Phi) is 6.17. The highest BCUT2D eigenvalue weighted by Gasteiger charge is 2.45. The summed E-state index contributed by atoms with van der Waals surface area (Å²) in [6.45, 7) is 3.29. The molecule has 5 heteroatoms. The summed E-state index contributed by atoms with van der Waals surface area (Å²) in [7, 11) is 0. The van der Waals surface area contributed by atoms with Crippen molar-refractivity contribution in [3.8, 4) is 0 Å². The summed E-state index contributed by atoms with van der Waals surface area (Å²) in [5.41, 5.74) is 0.758. The van der Waals surface area contributed by atoms with E-state index in [0.29, 0.717) is 33.3 Å². The van der Waals surface area contributed by atoms with Gasteiger partial charge in [0.1, 0.15) is 5.60 Å². The highest BCUT2D eigenvalue weighted by molar-refractivity contribution is 14.1. The zero-order valence-corrected chi connectivity index (χ0v) is 17.0. The molecule has 23 heavy (non-hydrogen) atoms. The number of halogens is 3. The van der Waals surface area contributed by atoms with E-state index in [4.69, 9.17) is 32.7 Å². The summed E-state index contributed by atoms with van der Waals surface area (Å²) in [6.07, 6.45) is 6.84. The van der Waals surface area contributed by atoms with E-state index in [-0.39, 0.29) is 5.60 Å². The van der Waals surface area contributed by atoms with Crippen LogP contribution >= 0.6 is 45.8 Å². The predicted molar refractivity (Wildman–Crippen MR) is 104 cm³/mol. The van der Waals surface area contributed by atoms with Crippen LogP contribution < -0.4 is 0 Å². The van der Waals surface area contributed by atoms with E-state index in [1.807, 2.05) is 12.1 Å². The topological polar surface area (TPSA) is 18.5 Å². The first-order valence-electron chi connectivity index (χ1n) is 8.31. The third-order valence-corrected chi connectivity index (χ3v) is 7.51. The smallest absolute Gasteiger partial charge is 0.101 e. The lowest BCUT2D eigenvalue weighted by Gasteiger charge is -2.48. The van der Waals surface area contributed by atoms with Crippen LogP contribution in [-0.4, -0.2) is 22.2 Å². The first kappa shape index (κ1) is 18.2. The second-order valence-electron chi connectivity index (χ2n) is 6.95. The maximum Gasteiger partial charge on any atom is 0.101 e. The molecule has 0 bridgehead atoms. The van der Waals surface area contributed by atoms with Crippen LogP contribution in [-0.2, 0) is 16.1 Å². The van der Waals surface area contributed by atoms with Crippen LogP contribution in [0, 0.1) is 5.92 Å². The Morgan fingerprint density at radius 2 is 2.09 bits per heavy atom. The third kappa shape index (κ3) is 4.35. The van der Waals surface area contributed by atoms with E-state index in [9.17, 15) is 0 Å². The van der Waals surface area contributed by atoms with Crippen LogP contribution in [0.5, 0.6) is 0 Å². The minimum absolute atomic E-state index is 0.210. The molecule has 4 atom stereocenters. The molecular weight excluding hydrogens is 446 g/mol. The zero-order chi connectivity index (χ0) is 16.4. The zero-order valence-electron chi connectivity index (χ0n) is 13.4. The quantitative estimate of drug-likeness (QED) is 0.395. The summed E-state index contributed by atoms with van der Waals surface area (Å²) >= 11 is 14.7. The second-order valence-corrected chi connectivity index (χ2v) is 9.29. The van der Waals surface area contributed by atoms with Crippen molar-refractivity contribution in [2.45, 2.75) is 61.3 Å². The molecule has 1 saturated heterocycles. The number of hydrogen-bond acceptors (Lipinski definition) is 2. The average molecular weight is 469 g/mol. The number of benzene rings is 1. The lowest BCUT2D eigenvalue weighted by molar-refractivity contribution is -0.174. The molecular formula is C18H23Cl2IO2. The standard InChI is InChI=1S/C18H23Cl2IO2/c1-18(11-22-10-13-6-7-14(19)9-15(13)20)17(21)8-12-4-2-3-5-16(12)23-18/h6-7,9,12,16-17H,2-5,8,10-11H2,1H3/t12-,16+,17+,18+/m0/s1. The van der Waals surface area contributed by atoms with E-state index < -0.39 is 0 Å². The van der Waals surface area contributed by atoms with E-state index in [1.54, 1.807) is 6.07 Å². The van der Waals surface area contributed by atoms with Crippen LogP contribution in [0.4, 0.5) is 0 Å². The van der Waals surface area contributed by atoms with Gasteiger partial charge in [-0.25, -0.2) is 0 Å². The van der Waals surface area contributed by atoms with Gasteiger partial charge < -0.3 is 9.47 Å². The van der Waals surface area contributed by atoms with Crippen molar-refractivity contribution in [3.05, 3.63) is 33.8 Å². The monoisotopic (exact) mass is 468 g/mol. The van der Waals surface area contributed by atoms with Gasteiger partial charge in [0.2, 0.25) is 0 Å². The molecule has 0 spiro atoms. The first-order valence-corrected chi connectivity index (χ1v) is 10.3. The van der Waals surface area contributed by atoms with Gasteiger partial charge in [-0.1, -0.05) is 64.7 Å². The van der Waals surface area contributed by atoms with Crippen molar-refractivity contribution in [1.82, 2.24) is 0 Å². The maximum absolute atomic E-state index is 6.49. The largest absolute Gasteiger partial charge is 0.374 e. The fourth-order valence-corrected chi connectivity index (χ4v) is 5.10. The summed E-state index contributed by atoms with van der Waals surface area (Å²) in [6, 6.07) is 5.53. The minimum atomic E-state index is -0.210. The number of hydrogen-bond donors (Lipinski definition) is 0. The molecule has 0 amide bonds. The molecule has 1 aromatic carbocycles. The van der Waals surface area contributed by atoms with Crippen molar-refractivity contribution in [3.63, 3.8) is 0 Å². The Bertz CT molecular complexity index is 554. The van der Waals surface area contributed by atoms with Crippen LogP contribution in [0.15, 0.2) is 18.2 Å². The van der Waals surface area contributed by atoms with Crippen LogP contribution in [0.2, 0.25) is 10.0 Å². The number of rotatable bonds is 4. The van der Waals surface area contributed by atoms with Gasteiger partial charge >= 0.3 is 0 Å². The van der Waals surface area contributed by atoms with Crippen LogP contribution in [0.25, 0.3) is 0 Å². The Labute approximate surface area is 162 Å². The van der Waals surface area contributed by atoms with Gasteiger partial charge in [-0.2, -0.15) is 0 Å². The second kappa shape index (κ2) is 7.77. The van der Waals surface area contributed by atoms with Gasteiger partial charge in [-0.3, -0.25) is 0 Å². The predicted octanol–water partition coefficient (Wildman–Crippen LogP) is 6.05. The van der Waals surface area contributed by atoms with Crippen molar-refractivity contribution in [2.75, 3.05) is 6.61 Å². The minimum Gasteiger partial charge on any atom is -0.374 e. The molecule has 0 unspecified atom stereocenters. The molecule has 0 radical (unpaired) electrons. The summed E-state index contributed by atoms with van der Waals surface area (Å²) in [4.78, 5) is 0. The van der Waals surface area contributed by atoms with Crippen molar-refractivity contribution in [1.29, 1.82) is 0 Å². The fourth-order valence-electron chi connectivity index (χ4n) is 3.66. The van der Waals surface area contributed by atoms with Gasteiger partial charge in [0.15, 0.2) is 0 Å². The van der Waals surface area contributed by atoms with Crippen molar-refractivity contribution >= 4 is 45.8 Å². The van der Waals surface area contributed by atoms with Gasteiger partial charge in [0.05, 0.1) is 19.3 Å². The highest BCUT2D eigenvalue weighted by atomic mass is 127. The molecule has 0 N–H and O–H groups in total. The SMILES string of the molecule is C[C@]1(COCc2ccc(Cl)cc2Cl)O[C@@H]2CCCC[C@H]2C[C@H]1I. The lowest BCUT2D eigenvalue weighted by Crippen LogP contribution is -2.53. The van der Waals surface area contributed by atoms with Gasteiger partial charge in [-0.05, 0) is 49.8 Å². The summed E-state index contributed by atoms with van der Waals surface area (Å²) < 4.78 is 13.0. The number of alkyl halides is 1. The van der Waals surface area contributed by atoms with E-state index in [0.717, 1.165) is 11.5 Å². The maximum atomic E-state index is 6.49. The molecule has 1 aromatic rings. The third-order valence-electron chi connectivity index (χ3n) is 5.09. The van der Waals surface area contributed by atoms with E-state index >= 15 is 0 Å². The first-order chi connectivity index (χ1) is 11.0. The van der Waals surface area contributed by atoms with E-state index in [2.05, 4.69) is 29.5 Å². The molecule has 1 heterocycles. The Hall–Kier alpha value is 0.450. The molecule has 2 aliphatic rings. The molecule has 2 nitrogen and oxygen atoms in total. The van der Waals surface area contributed by atoms with Crippen LogP contribution in [0.1, 0.15) is 44.6 Å². The number of ether oxygens (including phenoxy) is 2. The Morgan fingerprint density at radius 1 is 1.30 bits per heavy atom. The van der Waals surface area contributed by atoms with Gasteiger partial charge in [0.25, 0.3) is 0 Å². The summed E-state index contributed by atoms with van der Waals surface area (Å²) in [5, 5.41) is 1.31. The Morgan fingerprint density at radius 3 is 2.87 bits per heavy atom. The summed E-state index contributed by atoms with van der Waals surface area (Å²) in [5.74, 6) is 0.740. The van der Waals surface area contributed by atoms with E-state index in [1.165, 1.54) is 32.1 Å². The van der Waals surface area contributed by atoms with Crippen molar-refractivity contribution < 1.29 is 9.47 Å². The fraction of sp³-hybridized carbons (Fsp3) is 0.667. The average Bonchev–Trinajstić information content (AvgIpc) is 2.51. The van der Waals surface area contributed by atoms with Crippen LogP contribution in [0.3, 0.4) is 0 Å². The molecule has 0 aromatic heterocycles. The molecule has 1 aliphatic heterocycles. The molecule has 1 saturated carbocycles. The molecule has 3 rings (SSSR count). The van der Waals surface area contributed by atoms with Gasteiger partial charge in [-0.15, -0.1) is 0 Å². The highest BCUT2D eigenvalue weighted by Crippen LogP contribution is 2.43.